The molecule has 0 saturated carbocycles. The zero-order chi connectivity index (χ0) is 18.5. The average Bonchev–Trinajstić information content (AvgIpc) is 2.44. The summed E-state index contributed by atoms with van der Waals surface area (Å²) in [6.45, 7) is 2.09. The molecule has 0 amide bonds. The lowest BCUT2D eigenvalue weighted by Gasteiger charge is -2.10. The van der Waals surface area contributed by atoms with Crippen LogP contribution < -0.4 is 5.32 Å². The van der Waals surface area contributed by atoms with Crippen molar-refractivity contribution in [1.29, 1.82) is 0 Å². The van der Waals surface area contributed by atoms with E-state index >= 15 is 0 Å². The Bertz CT molecular complexity index is 584. The number of nitro groups is 2. The molecule has 1 aromatic carbocycles. The summed E-state index contributed by atoms with van der Waals surface area (Å²) in [5, 5.41) is 33.9. The van der Waals surface area contributed by atoms with Crippen molar-refractivity contribution in [1.82, 2.24) is 5.32 Å². The Morgan fingerprint density at radius 2 is 1.71 bits per heavy atom. The molecule has 1 unspecified atom stereocenters. The van der Waals surface area contributed by atoms with Crippen molar-refractivity contribution in [3.63, 3.8) is 0 Å². The number of nitrogens with zero attached hydrogens (tertiary/aromatic N) is 2. The normalized spacial score (nSPS) is 12.9. The SMILES string of the molecule is CC(O)CNCCCc1c([N+](=O)[O-])cc(C(F)(F)F)cc1[N+](=O)[O-]. The third-order valence-corrected chi connectivity index (χ3v) is 3.14. The van der Waals surface area contributed by atoms with Crippen molar-refractivity contribution >= 4 is 11.4 Å². The summed E-state index contributed by atoms with van der Waals surface area (Å²) in [7, 11) is 0. The number of benzene rings is 1. The number of nitrogens with one attached hydrogen (secondary N) is 1. The molecule has 0 aliphatic heterocycles. The van der Waals surface area contributed by atoms with E-state index < -0.39 is 39.1 Å². The molecule has 134 valence electrons. The third-order valence-electron chi connectivity index (χ3n) is 3.14. The first-order valence-electron chi connectivity index (χ1n) is 6.95. The van der Waals surface area contributed by atoms with Crippen LogP contribution in [0.15, 0.2) is 12.1 Å². The van der Waals surface area contributed by atoms with Crippen molar-refractivity contribution in [3.8, 4) is 0 Å². The molecule has 0 aliphatic carbocycles. The van der Waals surface area contributed by atoms with Crippen LogP contribution in [0.25, 0.3) is 0 Å². The maximum atomic E-state index is 12.8. The highest BCUT2D eigenvalue weighted by atomic mass is 19.4. The molecule has 0 bridgehead atoms. The van der Waals surface area contributed by atoms with E-state index in [2.05, 4.69) is 5.32 Å². The molecule has 1 rings (SSSR count). The van der Waals surface area contributed by atoms with E-state index in [0.29, 0.717) is 18.7 Å². The van der Waals surface area contributed by atoms with Gasteiger partial charge in [-0.1, -0.05) is 0 Å². The predicted octanol–water partition coefficient (Wildman–Crippen LogP) is 2.42. The van der Waals surface area contributed by atoms with Gasteiger partial charge in [0, 0.05) is 18.7 Å². The summed E-state index contributed by atoms with van der Waals surface area (Å²) >= 11 is 0. The smallest absolute Gasteiger partial charge is 0.392 e. The first-order valence-corrected chi connectivity index (χ1v) is 6.95. The molecule has 0 heterocycles. The zero-order valence-electron chi connectivity index (χ0n) is 12.7. The quantitative estimate of drug-likeness (QED) is 0.422. The van der Waals surface area contributed by atoms with Gasteiger partial charge in [0.15, 0.2) is 0 Å². The molecule has 2 N–H and O–H groups in total. The minimum atomic E-state index is -4.92. The van der Waals surface area contributed by atoms with Crippen LogP contribution >= 0.6 is 0 Å². The molecular formula is C13H16F3N3O5. The average molecular weight is 351 g/mol. The second kappa shape index (κ2) is 8.02. The van der Waals surface area contributed by atoms with Gasteiger partial charge in [0.2, 0.25) is 0 Å². The largest absolute Gasteiger partial charge is 0.416 e. The van der Waals surface area contributed by atoms with Crippen LogP contribution in [0.5, 0.6) is 0 Å². The maximum Gasteiger partial charge on any atom is 0.416 e. The Balaban J connectivity index is 3.12. The lowest BCUT2D eigenvalue weighted by molar-refractivity contribution is -0.395. The maximum absolute atomic E-state index is 12.8. The van der Waals surface area contributed by atoms with Gasteiger partial charge >= 0.3 is 6.18 Å². The number of rotatable bonds is 8. The van der Waals surface area contributed by atoms with Crippen LogP contribution in [0.1, 0.15) is 24.5 Å². The summed E-state index contributed by atoms with van der Waals surface area (Å²) in [5.74, 6) is 0. The third kappa shape index (κ3) is 5.42. The van der Waals surface area contributed by atoms with Crippen molar-refractivity contribution < 1.29 is 28.1 Å². The van der Waals surface area contributed by atoms with Crippen LogP contribution in [-0.2, 0) is 12.6 Å². The first kappa shape index (κ1) is 19.8. The highest BCUT2D eigenvalue weighted by molar-refractivity contribution is 5.57. The van der Waals surface area contributed by atoms with Crippen LogP contribution in [0, 0.1) is 20.2 Å². The molecule has 1 atom stereocenters. The van der Waals surface area contributed by atoms with Gasteiger partial charge in [-0.2, -0.15) is 13.2 Å². The van der Waals surface area contributed by atoms with E-state index in [9.17, 15) is 33.4 Å². The summed E-state index contributed by atoms with van der Waals surface area (Å²) < 4.78 is 38.3. The van der Waals surface area contributed by atoms with Gasteiger partial charge in [0.25, 0.3) is 11.4 Å². The van der Waals surface area contributed by atoms with E-state index in [0.717, 1.165) is 0 Å². The van der Waals surface area contributed by atoms with E-state index in [-0.39, 0.29) is 24.9 Å². The zero-order valence-corrected chi connectivity index (χ0v) is 12.7. The Morgan fingerprint density at radius 1 is 1.21 bits per heavy atom. The van der Waals surface area contributed by atoms with Crippen molar-refractivity contribution in [2.24, 2.45) is 0 Å². The van der Waals surface area contributed by atoms with E-state index in [4.69, 9.17) is 5.11 Å². The van der Waals surface area contributed by atoms with Gasteiger partial charge in [0.05, 0.1) is 21.5 Å². The van der Waals surface area contributed by atoms with Crippen molar-refractivity contribution in [2.75, 3.05) is 13.1 Å². The summed E-state index contributed by atoms with van der Waals surface area (Å²) in [4.78, 5) is 19.9. The lowest BCUT2D eigenvalue weighted by atomic mass is 10.0. The Labute approximate surface area is 134 Å². The topological polar surface area (TPSA) is 119 Å². The highest BCUT2D eigenvalue weighted by Gasteiger charge is 2.37. The van der Waals surface area contributed by atoms with Gasteiger partial charge in [-0.25, -0.2) is 0 Å². The molecular weight excluding hydrogens is 335 g/mol. The van der Waals surface area contributed by atoms with Gasteiger partial charge in [-0.3, -0.25) is 20.2 Å². The molecule has 8 nitrogen and oxygen atoms in total. The van der Waals surface area contributed by atoms with Gasteiger partial charge in [0.1, 0.15) is 5.56 Å². The van der Waals surface area contributed by atoms with Crippen molar-refractivity contribution in [2.45, 2.75) is 32.0 Å². The summed E-state index contributed by atoms with van der Waals surface area (Å²) in [5.41, 5.74) is -3.63. The molecule has 0 saturated heterocycles. The standard InChI is InChI=1S/C13H16F3N3O5/c1-8(20)7-17-4-2-3-10-11(18(21)22)5-9(13(14,15)16)6-12(10)19(23)24/h5-6,8,17,20H,2-4,7H2,1H3. The second-order valence-corrected chi connectivity index (χ2v) is 5.16. The minimum Gasteiger partial charge on any atom is -0.392 e. The highest BCUT2D eigenvalue weighted by Crippen LogP contribution is 2.38. The second-order valence-electron chi connectivity index (χ2n) is 5.16. The number of aliphatic hydroxyl groups excluding tert-OH is 1. The molecule has 11 heteroatoms. The first-order chi connectivity index (χ1) is 11.0. The van der Waals surface area contributed by atoms with Gasteiger partial charge in [-0.15, -0.1) is 0 Å². The number of alkyl halides is 3. The predicted molar refractivity (Wildman–Crippen MR) is 77.6 cm³/mol. The molecule has 0 fully saturated rings. The van der Waals surface area contributed by atoms with Crippen molar-refractivity contribution in [3.05, 3.63) is 43.5 Å². The molecule has 24 heavy (non-hydrogen) atoms. The van der Waals surface area contributed by atoms with E-state index in [1.54, 1.807) is 6.92 Å². The monoisotopic (exact) mass is 351 g/mol. The molecule has 0 radical (unpaired) electrons. The Morgan fingerprint density at radius 3 is 2.08 bits per heavy atom. The number of aliphatic hydroxyl groups is 1. The fourth-order valence-corrected chi connectivity index (χ4v) is 2.09. The Hall–Kier alpha value is -2.27. The fourth-order valence-electron chi connectivity index (χ4n) is 2.09. The molecule has 1 aromatic rings. The number of hydrogen-bond donors (Lipinski definition) is 2. The number of hydrogen-bond acceptors (Lipinski definition) is 6. The summed E-state index contributed by atoms with van der Waals surface area (Å²) in [6, 6.07) is 0.622. The fraction of sp³-hybridized carbons (Fsp3) is 0.538. The van der Waals surface area contributed by atoms with Crippen LogP contribution in [0.4, 0.5) is 24.5 Å². The van der Waals surface area contributed by atoms with E-state index in [1.165, 1.54) is 0 Å². The molecule has 0 spiro atoms. The Kier molecular flexibility index (Phi) is 6.60. The van der Waals surface area contributed by atoms with Crippen LogP contribution in [0.2, 0.25) is 0 Å². The number of nitro benzene ring substituents is 2. The summed E-state index contributed by atoms with van der Waals surface area (Å²) in [6.07, 6.45) is -5.45. The lowest BCUT2D eigenvalue weighted by Crippen LogP contribution is -2.25. The minimum absolute atomic E-state index is 0.141. The molecule has 0 aliphatic rings. The van der Waals surface area contributed by atoms with Crippen LogP contribution in [-0.4, -0.2) is 34.1 Å². The van der Waals surface area contributed by atoms with E-state index in [1.807, 2.05) is 0 Å². The van der Waals surface area contributed by atoms with Crippen LogP contribution in [0.3, 0.4) is 0 Å². The number of halogens is 3. The molecule has 0 aromatic heterocycles. The van der Waals surface area contributed by atoms with Gasteiger partial charge in [-0.05, 0) is 26.3 Å². The van der Waals surface area contributed by atoms with Gasteiger partial charge < -0.3 is 10.4 Å².